The second-order valence-electron chi connectivity index (χ2n) is 4.86. The van der Waals surface area contributed by atoms with Gasteiger partial charge in [0.2, 0.25) is 5.65 Å². The Kier molecular flexibility index (Phi) is 3.86. The molecule has 0 radical (unpaired) electrons. The number of hydrogen-bond acceptors (Lipinski definition) is 6. The van der Waals surface area contributed by atoms with Crippen LogP contribution < -0.4 is 5.73 Å². The van der Waals surface area contributed by atoms with Gasteiger partial charge in [0, 0.05) is 23.9 Å². The van der Waals surface area contributed by atoms with Gasteiger partial charge < -0.3 is 5.73 Å². The molecule has 6 nitrogen and oxygen atoms in total. The Labute approximate surface area is 141 Å². The van der Waals surface area contributed by atoms with Gasteiger partial charge in [-0.25, -0.2) is 14.6 Å². The molecule has 3 aromatic heterocycles. The summed E-state index contributed by atoms with van der Waals surface area (Å²) < 4.78 is 44.5. The van der Waals surface area contributed by atoms with Gasteiger partial charge >= 0.3 is 6.18 Å². The van der Waals surface area contributed by atoms with E-state index in [0.717, 1.165) is 6.20 Å². The van der Waals surface area contributed by atoms with Crippen LogP contribution in [-0.2, 0) is 12.6 Å². The molecule has 0 bridgehead atoms. The van der Waals surface area contributed by atoms with Crippen LogP contribution in [0.4, 0.5) is 18.9 Å². The Morgan fingerprint density at radius 1 is 1.30 bits per heavy atom. The average Bonchev–Trinajstić information content (AvgIpc) is 2.90. The van der Waals surface area contributed by atoms with Gasteiger partial charge in [-0.1, -0.05) is 0 Å². The van der Waals surface area contributed by atoms with Crippen LogP contribution in [0.15, 0.2) is 16.9 Å². The molecule has 0 spiro atoms. The van der Waals surface area contributed by atoms with Gasteiger partial charge in [-0.3, -0.25) is 0 Å². The summed E-state index contributed by atoms with van der Waals surface area (Å²) in [6.07, 6.45) is -3.71. The SMILES string of the molecule is Cc1nc2nonc2c(N)c1Cc1cc(I)ncc1C(F)(F)F. The van der Waals surface area contributed by atoms with Crippen molar-refractivity contribution >= 4 is 39.4 Å². The third-order valence-electron chi connectivity index (χ3n) is 3.39. The average molecular weight is 435 g/mol. The molecule has 3 rings (SSSR count). The standard InChI is InChI=1S/C13H9F3IN5O/c1-5-7(10(18)11-12(20-5)22-23-21-11)2-6-3-9(17)19-4-8(6)13(14,15)16/h3-4H,2,18H2,1H3. The van der Waals surface area contributed by atoms with Crippen molar-refractivity contribution in [2.45, 2.75) is 19.5 Å². The Morgan fingerprint density at radius 2 is 2.04 bits per heavy atom. The van der Waals surface area contributed by atoms with Crippen molar-refractivity contribution in [2.24, 2.45) is 0 Å². The van der Waals surface area contributed by atoms with Gasteiger partial charge in [0.25, 0.3) is 0 Å². The zero-order valence-electron chi connectivity index (χ0n) is 11.6. The maximum absolute atomic E-state index is 13.2. The molecular weight excluding hydrogens is 426 g/mol. The number of rotatable bonds is 2. The largest absolute Gasteiger partial charge is 0.418 e. The van der Waals surface area contributed by atoms with Crippen LogP contribution in [0, 0.1) is 10.6 Å². The molecule has 2 N–H and O–H groups in total. The van der Waals surface area contributed by atoms with Crippen LogP contribution in [0.1, 0.15) is 22.4 Å². The fraction of sp³-hybridized carbons (Fsp3) is 0.231. The molecule has 23 heavy (non-hydrogen) atoms. The minimum absolute atomic E-state index is 0.0408. The molecule has 0 aliphatic rings. The fourth-order valence-corrected chi connectivity index (χ4v) is 2.79. The van der Waals surface area contributed by atoms with E-state index >= 15 is 0 Å². The quantitative estimate of drug-likeness (QED) is 0.492. The lowest BCUT2D eigenvalue weighted by Crippen LogP contribution is -2.12. The first-order valence-electron chi connectivity index (χ1n) is 6.36. The smallest absolute Gasteiger partial charge is 0.396 e. The molecule has 0 aliphatic heterocycles. The fourth-order valence-electron chi connectivity index (χ4n) is 2.27. The van der Waals surface area contributed by atoms with E-state index in [1.54, 1.807) is 6.92 Å². The zero-order valence-corrected chi connectivity index (χ0v) is 13.8. The predicted octanol–water partition coefficient (Wildman–Crippen LogP) is 3.12. The van der Waals surface area contributed by atoms with Crippen molar-refractivity contribution < 1.29 is 17.8 Å². The van der Waals surface area contributed by atoms with Gasteiger partial charge in [0.05, 0.1) is 11.3 Å². The molecule has 3 aromatic rings. The van der Waals surface area contributed by atoms with Crippen LogP contribution in [0.3, 0.4) is 0 Å². The highest BCUT2D eigenvalue weighted by molar-refractivity contribution is 14.1. The summed E-state index contributed by atoms with van der Waals surface area (Å²) in [4.78, 5) is 7.88. The minimum Gasteiger partial charge on any atom is -0.396 e. The van der Waals surface area contributed by atoms with E-state index in [1.807, 2.05) is 22.6 Å². The number of anilines is 1. The molecule has 0 amide bonds. The third kappa shape index (κ3) is 2.94. The zero-order chi connectivity index (χ0) is 16.8. The Bertz CT molecular complexity index is 893. The van der Waals surface area contributed by atoms with E-state index in [0.29, 0.717) is 15.0 Å². The summed E-state index contributed by atoms with van der Waals surface area (Å²) in [6, 6.07) is 1.38. The molecule has 0 saturated heterocycles. The predicted molar refractivity (Wildman–Crippen MR) is 83.5 cm³/mol. The monoisotopic (exact) mass is 435 g/mol. The van der Waals surface area contributed by atoms with Crippen LogP contribution in [0.25, 0.3) is 11.2 Å². The molecule has 0 unspecified atom stereocenters. The van der Waals surface area contributed by atoms with Gasteiger partial charge in [-0.15, -0.1) is 0 Å². The van der Waals surface area contributed by atoms with E-state index in [4.69, 9.17) is 5.73 Å². The highest BCUT2D eigenvalue weighted by Crippen LogP contribution is 2.34. The van der Waals surface area contributed by atoms with Crippen LogP contribution in [-0.4, -0.2) is 20.3 Å². The summed E-state index contributed by atoms with van der Waals surface area (Å²) in [5.41, 5.74) is 6.90. The number of nitrogens with zero attached hydrogens (tertiary/aromatic N) is 4. The molecule has 3 heterocycles. The van der Waals surface area contributed by atoms with Crippen molar-refractivity contribution in [3.8, 4) is 0 Å². The number of hydrogen-bond donors (Lipinski definition) is 1. The lowest BCUT2D eigenvalue weighted by Gasteiger charge is -2.14. The summed E-state index contributed by atoms with van der Waals surface area (Å²) in [5, 5.41) is 7.23. The van der Waals surface area contributed by atoms with E-state index < -0.39 is 11.7 Å². The number of nitrogen functional groups attached to an aromatic ring is 1. The molecule has 120 valence electrons. The third-order valence-corrected chi connectivity index (χ3v) is 3.98. The van der Waals surface area contributed by atoms with Crippen molar-refractivity contribution in [3.05, 3.63) is 38.3 Å². The second-order valence-corrected chi connectivity index (χ2v) is 5.97. The Balaban J connectivity index is 2.14. The lowest BCUT2D eigenvalue weighted by molar-refractivity contribution is -0.138. The molecule has 0 atom stereocenters. The van der Waals surface area contributed by atoms with Gasteiger partial charge in [-0.2, -0.15) is 13.2 Å². The van der Waals surface area contributed by atoms with Crippen LogP contribution in [0.2, 0.25) is 0 Å². The molecular formula is C13H9F3IN5O. The molecule has 0 aliphatic carbocycles. The van der Waals surface area contributed by atoms with Gasteiger partial charge in [0.1, 0.15) is 3.70 Å². The molecule has 0 fully saturated rings. The maximum Gasteiger partial charge on any atom is 0.418 e. The van der Waals surface area contributed by atoms with Crippen molar-refractivity contribution in [3.63, 3.8) is 0 Å². The second kappa shape index (κ2) is 5.58. The number of nitrogens with two attached hydrogens (primary N) is 1. The van der Waals surface area contributed by atoms with Gasteiger partial charge in [-0.05, 0) is 51.5 Å². The summed E-state index contributed by atoms with van der Waals surface area (Å²) >= 11 is 1.86. The van der Waals surface area contributed by atoms with Crippen molar-refractivity contribution in [2.75, 3.05) is 5.73 Å². The molecule has 0 saturated carbocycles. The molecule has 0 aromatic carbocycles. The number of aryl methyl sites for hydroxylation is 1. The first-order valence-corrected chi connectivity index (χ1v) is 7.44. The first-order chi connectivity index (χ1) is 10.8. The van der Waals surface area contributed by atoms with Crippen LogP contribution in [0.5, 0.6) is 0 Å². The molecule has 10 heteroatoms. The summed E-state index contributed by atoms with van der Waals surface area (Å²) in [7, 11) is 0. The van der Waals surface area contributed by atoms with E-state index in [1.165, 1.54) is 6.07 Å². The van der Waals surface area contributed by atoms with Crippen molar-refractivity contribution in [1.29, 1.82) is 0 Å². The highest BCUT2D eigenvalue weighted by atomic mass is 127. The summed E-state index contributed by atoms with van der Waals surface area (Å²) in [6.45, 7) is 1.65. The Hall–Kier alpha value is -1.98. The van der Waals surface area contributed by atoms with Crippen LogP contribution >= 0.6 is 22.6 Å². The lowest BCUT2D eigenvalue weighted by atomic mass is 9.99. The number of aromatic nitrogens is 4. The Morgan fingerprint density at radius 3 is 2.74 bits per heavy atom. The normalized spacial score (nSPS) is 12.0. The number of alkyl halides is 3. The topological polar surface area (TPSA) is 90.7 Å². The van der Waals surface area contributed by atoms with Crippen molar-refractivity contribution in [1.82, 2.24) is 20.3 Å². The maximum atomic E-state index is 13.2. The minimum atomic E-state index is -4.50. The summed E-state index contributed by atoms with van der Waals surface area (Å²) in [5.74, 6) is 0. The number of halogens is 4. The van der Waals surface area contributed by atoms with Gasteiger partial charge in [0.15, 0.2) is 5.52 Å². The van der Waals surface area contributed by atoms with E-state index in [-0.39, 0.29) is 28.8 Å². The van der Waals surface area contributed by atoms with E-state index in [2.05, 4.69) is 24.9 Å². The number of fused-ring (bicyclic) bond motifs is 1. The van der Waals surface area contributed by atoms with E-state index in [9.17, 15) is 13.2 Å². The number of pyridine rings is 2. The highest BCUT2D eigenvalue weighted by Gasteiger charge is 2.34. The first kappa shape index (κ1) is 15.9.